The lowest BCUT2D eigenvalue weighted by atomic mass is 9.93. The van der Waals surface area contributed by atoms with Gasteiger partial charge in [-0.2, -0.15) is 29.5 Å². The minimum atomic E-state index is -4.77. The van der Waals surface area contributed by atoms with Crippen molar-refractivity contribution in [1.29, 1.82) is 0 Å². The predicted molar refractivity (Wildman–Crippen MR) is 159 cm³/mol. The Balaban J connectivity index is 1.63. The van der Waals surface area contributed by atoms with Gasteiger partial charge >= 0.3 is 11.9 Å². The molecule has 0 aliphatic carbocycles. The van der Waals surface area contributed by atoms with Gasteiger partial charge in [-0.1, -0.05) is 18.2 Å². The number of piperazine rings is 1. The molecule has 1 amide bonds. The quantitative estimate of drug-likeness (QED) is 0.369. The number of alkyl halides is 3. The smallest absolute Gasteiger partial charge is 0.352 e. The van der Waals surface area contributed by atoms with Gasteiger partial charge in [0.1, 0.15) is 5.82 Å². The largest absolute Gasteiger partial charge is 0.417 e. The number of thiophene rings is 1. The van der Waals surface area contributed by atoms with Crippen LogP contribution in [0, 0.1) is 5.41 Å². The lowest BCUT2D eigenvalue weighted by Crippen LogP contribution is -2.59. The van der Waals surface area contributed by atoms with Gasteiger partial charge in [0.15, 0.2) is 9.84 Å². The fraction of sp³-hybridized carbons (Fsp3) is 0.444. The number of sulfone groups is 1. The summed E-state index contributed by atoms with van der Waals surface area (Å²) < 4.78 is 70.4. The molecular formula is C27H26ClF3N4O4S3. The molecule has 0 bridgehead atoms. The van der Waals surface area contributed by atoms with E-state index < -0.39 is 32.7 Å². The second-order valence-electron chi connectivity index (χ2n) is 11.3. The van der Waals surface area contributed by atoms with Crippen molar-refractivity contribution in [2.24, 2.45) is 5.41 Å². The summed E-state index contributed by atoms with van der Waals surface area (Å²) in [7, 11) is -3.31. The molecule has 0 saturated carbocycles. The first kappa shape index (κ1) is 29.5. The van der Waals surface area contributed by atoms with Crippen LogP contribution in [0.3, 0.4) is 0 Å². The van der Waals surface area contributed by atoms with E-state index in [-0.39, 0.29) is 92.6 Å². The fourth-order valence-corrected chi connectivity index (χ4v) is 11.5. The Kier molecular flexibility index (Phi) is 7.03. The van der Waals surface area contributed by atoms with Gasteiger partial charge < -0.3 is 9.80 Å². The average Bonchev–Trinajstić information content (AvgIpc) is 3.22. The van der Waals surface area contributed by atoms with Gasteiger partial charge in [-0.05, 0) is 26.0 Å². The molecule has 1 spiro atoms. The van der Waals surface area contributed by atoms with E-state index in [0.29, 0.717) is 0 Å². The Labute approximate surface area is 253 Å². The Morgan fingerprint density at radius 1 is 1.21 bits per heavy atom. The molecule has 3 aromatic rings. The summed E-state index contributed by atoms with van der Waals surface area (Å²) >= 11 is 8.70. The molecule has 0 N–H and O–H groups in total. The predicted octanol–water partition coefficient (Wildman–Crippen LogP) is 4.93. The number of rotatable bonds is 3. The van der Waals surface area contributed by atoms with Crippen molar-refractivity contribution in [2.75, 3.05) is 35.2 Å². The normalized spacial score (nSPS) is 23.1. The second-order valence-corrected chi connectivity index (χ2v) is 15.5. The van der Waals surface area contributed by atoms with Gasteiger partial charge in [-0.3, -0.25) is 9.36 Å². The molecule has 6 rings (SSSR count). The molecule has 0 radical (unpaired) electrons. The summed E-state index contributed by atoms with van der Waals surface area (Å²) in [5, 5.41) is 3.39. The minimum Gasteiger partial charge on any atom is -0.352 e. The van der Waals surface area contributed by atoms with Crippen LogP contribution in [0.2, 0.25) is 5.02 Å². The highest BCUT2D eigenvalue weighted by atomic mass is 35.5. The molecule has 15 heteroatoms. The second kappa shape index (κ2) is 10.00. The molecule has 2 aromatic heterocycles. The van der Waals surface area contributed by atoms with Crippen LogP contribution in [0.1, 0.15) is 19.4 Å². The highest BCUT2D eigenvalue weighted by Crippen LogP contribution is 2.53. The summed E-state index contributed by atoms with van der Waals surface area (Å²) in [6.45, 7) is 7.70. The SMILES string of the molecule is C=CC(=O)N1[C@H](C)CN(c2nc(=O)n3c4c(c(-c5cscc5Cl)c(C(F)(F)F)cc24)SCC2(C3)CS(=O)(=O)C2)C[C@@H]1C. The molecule has 2 saturated heterocycles. The number of carbonyl (C=O) groups is 1. The fourth-order valence-electron chi connectivity index (χ4n) is 6.58. The number of thioether (sulfide) groups is 1. The Bertz CT molecular complexity index is 1800. The van der Waals surface area contributed by atoms with Gasteiger partial charge in [-0.15, -0.1) is 11.8 Å². The molecule has 8 nitrogen and oxygen atoms in total. The van der Waals surface area contributed by atoms with Crippen LogP contribution in [-0.4, -0.2) is 71.2 Å². The van der Waals surface area contributed by atoms with E-state index in [1.165, 1.54) is 22.0 Å². The van der Waals surface area contributed by atoms with Crippen molar-refractivity contribution >= 4 is 67.2 Å². The van der Waals surface area contributed by atoms with Crippen LogP contribution < -0.4 is 10.6 Å². The lowest BCUT2D eigenvalue weighted by molar-refractivity contribution is -0.137. The molecule has 2 fully saturated rings. The van der Waals surface area contributed by atoms with Crippen molar-refractivity contribution in [1.82, 2.24) is 14.5 Å². The van der Waals surface area contributed by atoms with Crippen LogP contribution in [0.5, 0.6) is 0 Å². The van der Waals surface area contributed by atoms with E-state index in [0.717, 1.165) is 17.8 Å². The third kappa shape index (κ3) is 4.74. The van der Waals surface area contributed by atoms with Gasteiger partial charge in [-0.25, -0.2) is 13.2 Å². The van der Waals surface area contributed by atoms with Gasteiger partial charge in [0.05, 0.1) is 27.6 Å². The number of hydrogen-bond acceptors (Lipinski definition) is 8. The van der Waals surface area contributed by atoms with E-state index in [2.05, 4.69) is 11.6 Å². The molecule has 2 atom stereocenters. The number of anilines is 1. The zero-order chi connectivity index (χ0) is 30.4. The maximum atomic E-state index is 14.8. The molecule has 1 aromatic carbocycles. The van der Waals surface area contributed by atoms with Crippen LogP contribution in [0.25, 0.3) is 22.0 Å². The van der Waals surface area contributed by atoms with E-state index >= 15 is 0 Å². The molecule has 3 aliphatic heterocycles. The molecule has 3 aliphatic rings. The maximum absolute atomic E-state index is 14.8. The third-order valence-corrected chi connectivity index (χ3v) is 12.8. The molecule has 42 heavy (non-hydrogen) atoms. The van der Waals surface area contributed by atoms with Crippen molar-refractivity contribution < 1.29 is 26.4 Å². The van der Waals surface area contributed by atoms with E-state index in [4.69, 9.17) is 11.6 Å². The Morgan fingerprint density at radius 2 is 1.88 bits per heavy atom. The first-order valence-corrected chi connectivity index (χ1v) is 17.2. The monoisotopic (exact) mass is 658 g/mol. The number of aromatic nitrogens is 2. The molecular weight excluding hydrogens is 633 g/mol. The number of amides is 1. The topological polar surface area (TPSA) is 92.6 Å². The Hall–Kier alpha value is -2.55. The standard InChI is InChI=1S/C27H26ClF3N4O4S3/c1-4-20(36)35-14(2)6-33(7-15(35)3)24-16-5-18(27(29,30)31)21(17-8-40-9-19(17)28)23-22(16)34(25(37)32-24)10-26(11-41-23)12-42(38,39)13-26/h4-5,8-9,14-15H,1,6-7,10-13H2,2-3H3/t14-,15+. The summed E-state index contributed by atoms with van der Waals surface area (Å²) in [6, 6.07) is 0.364. The maximum Gasteiger partial charge on any atom is 0.417 e. The first-order chi connectivity index (χ1) is 19.6. The van der Waals surface area contributed by atoms with Crippen LogP contribution in [-0.2, 0) is 27.4 Å². The summed E-state index contributed by atoms with van der Waals surface area (Å²) in [6.07, 6.45) is -3.55. The van der Waals surface area contributed by atoms with Gasteiger partial charge in [0, 0.05) is 75.1 Å². The number of halogens is 4. The number of nitrogens with zero attached hydrogens (tertiary/aromatic N) is 4. The van der Waals surface area contributed by atoms with E-state index in [1.807, 2.05) is 13.8 Å². The van der Waals surface area contributed by atoms with E-state index in [9.17, 15) is 31.2 Å². The van der Waals surface area contributed by atoms with Crippen molar-refractivity contribution in [2.45, 2.75) is 43.5 Å². The zero-order valence-corrected chi connectivity index (χ0v) is 25.8. The Morgan fingerprint density at radius 3 is 2.43 bits per heavy atom. The van der Waals surface area contributed by atoms with Crippen LogP contribution in [0.15, 0.2) is 39.2 Å². The van der Waals surface area contributed by atoms with Crippen LogP contribution in [0.4, 0.5) is 19.0 Å². The van der Waals surface area contributed by atoms with Crippen LogP contribution >= 0.6 is 34.7 Å². The van der Waals surface area contributed by atoms with Crippen molar-refractivity contribution in [3.05, 3.63) is 50.6 Å². The number of carbonyl (C=O) groups excluding carboxylic acids is 1. The minimum absolute atomic E-state index is 0.0193. The highest BCUT2D eigenvalue weighted by molar-refractivity contribution is 8.00. The number of hydrogen-bond donors (Lipinski definition) is 0. The zero-order valence-electron chi connectivity index (χ0n) is 22.6. The molecule has 224 valence electrons. The van der Waals surface area contributed by atoms with E-state index in [1.54, 1.807) is 20.6 Å². The van der Waals surface area contributed by atoms with Gasteiger partial charge in [0.2, 0.25) is 5.91 Å². The summed E-state index contributed by atoms with van der Waals surface area (Å²) in [5.74, 6) is -0.269. The summed E-state index contributed by atoms with van der Waals surface area (Å²) in [5.41, 5.74) is -2.03. The summed E-state index contributed by atoms with van der Waals surface area (Å²) in [4.78, 5) is 34.2. The molecule has 5 heterocycles. The van der Waals surface area contributed by atoms with Crippen molar-refractivity contribution in [3.8, 4) is 11.1 Å². The highest BCUT2D eigenvalue weighted by Gasteiger charge is 2.51. The third-order valence-electron chi connectivity index (χ3n) is 8.10. The van der Waals surface area contributed by atoms with Gasteiger partial charge in [0.25, 0.3) is 0 Å². The average molecular weight is 659 g/mol. The van der Waals surface area contributed by atoms with Crippen molar-refractivity contribution in [3.63, 3.8) is 0 Å². The first-order valence-electron chi connectivity index (χ1n) is 13.1. The number of benzene rings is 1. The lowest BCUT2D eigenvalue weighted by Gasteiger charge is -2.44. The molecule has 0 unspecified atom stereocenters.